The highest BCUT2D eigenvalue weighted by Gasteiger charge is 2.20. The highest BCUT2D eigenvalue weighted by molar-refractivity contribution is 5.94. The van der Waals surface area contributed by atoms with Crippen molar-refractivity contribution in [2.75, 3.05) is 7.11 Å². The molecule has 0 aliphatic rings. The highest BCUT2D eigenvalue weighted by Crippen LogP contribution is 2.16. The van der Waals surface area contributed by atoms with Crippen molar-refractivity contribution < 1.29 is 9.53 Å². The van der Waals surface area contributed by atoms with Gasteiger partial charge >= 0.3 is 5.69 Å². The number of methoxy groups -OCH3 is 1. The first-order chi connectivity index (χ1) is 12.2. The van der Waals surface area contributed by atoms with E-state index >= 15 is 0 Å². The summed E-state index contributed by atoms with van der Waals surface area (Å²) >= 11 is 0. The third-order valence-corrected chi connectivity index (χ3v) is 3.65. The fourth-order valence-corrected chi connectivity index (χ4v) is 2.41. The Morgan fingerprint density at radius 2 is 2.08 bits per heavy atom. The van der Waals surface area contributed by atoms with Gasteiger partial charge in [-0.05, 0) is 18.1 Å². The van der Waals surface area contributed by atoms with E-state index in [1.807, 2.05) is 30.3 Å². The van der Waals surface area contributed by atoms with Gasteiger partial charge in [0.1, 0.15) is 5.75 Å². The van der Waals surface area contributed by atoms with Crippen LogP contribution in [0.4, 0.5) is 0 Å². The van der Waals surface area contributed by atoms with E-state index in [4.69, 9.17) is 4.74 Å². The van der Waals surface area contributed by atoms with Gasteiger partial charge in [0.05, 0.1) is 24.9 Å². The average molecular weight is 339 g/mol. The number of hydrogen-bond donors (Lipinski definition) is 3. The molecule has 0 fully saturated rings. The molecule has 2 heterocycles. The van der Waals surface area contributed by atoms with Gasteiger partial charge in [-0.3, -0.25) is 14.8 Å². The topological polar surface area (TPSA) is 113 Å². The van der Waals surface area contributed by atoms with E-state index < -0.39 is 11.7 Å². The lowest BCUT2D eigenvalue weighted by Crippen LogP contribution is -2.31. The van der Waals surface area contributed by atoms with Crippen molar-refractivity contribution in [3.63, 3.8) is 0 Å². The lowest BCUT2D eigenvalue weighted by atomic mass is 10.0. The van der Waals surface area contributed by atoms with Crippen LogP contribution in [0.15, 0.2) is 53.6 Å². The number of amides is 1. The van der Waals surface area contributed by atoms with Crippen LogP contribution >= 0.6 is 0 Å². The molecule has 0 saturated carbocycles. The molecule has 1 atom stereocenters. The molecule has 3 aromatic rings. The fraction of sp³-hybridized carbons (Fsp3) is 0.176. The molecule has 2 aromatic heterocycles. The average Bonchev–Trinajstić information content (AvgIpc) is 3.08. The monoisotopic (exact) mass is 339 g/mol. The Balaban J connectivity index is 1.83. The number of carbonyl (C=O) groups is 1. The van der Waals surface area contributed by atoms with Crippen molar-refractivity contribution in [3.8, 4) is 5.75 Å². The SMILES string of the molecule is COc1cncc(C(=O)NC(Cc2ccccc2)c2n[nH]c(=O)[nH]2)c1. The minimum absolute atomic E-state index is 0.337. The summed E-state index contributed by atoms with van der Waals surface area (Å²) in [6, 6.07) is 10.7. The van der Waals surface area contributed by atoms with Crippen LogP contribution in [0.25, 0.3) is 0 Å². The van der Waals surface area contributed by atoms with Crippen LogP contribution < -0.4 is 15.7 Å². The van der Waals surface area contributed by atoms with Gasteiger partial charge in [-0.15, -0.1) is 0 Å². The van der Waals surface area contributed by atoms with E-state index in [0.29, 0.717) is 23.6 Å². The maximum atomic E-state index is 12.6. The Morgan fingerprint density at radius 1 is 1.28 bits per heavy atom. The number of aromatic nitrogens is 4. The van der Waals surface area contributed by atoms with Crippen molar-refractivity contribution in [3.05, 3.63) is 76.2 Å². The summed E-state index contributed by atoms with van der Waals surface area (Å²) in [6.45, 7) is 0. The van der Waals surface area contributed by atoms with Crippen LogP contribution in [0, 0.1) is 0 Å². The van der Waals surface area contributed by atoms with Crippen LogP contribution in [0.1, 0.15) is 27.8 Å². The molecule has 1 aromatic carbocycles. The Morgan fingerprint density at radius 3 is 2.76 bits per heavy atom. The predicted octanol–water partition coefficient (Wildman–Crippen LogP) is 1.22. The van der Waals surface area contributed by atoms with Crippen LogP contribution in [0.5, 0.6) is 5.75 Å². The summed E-state index contributed by atoms with van der Waals surface area (Å²) in [7, 11) is 1.51. The summed E-state index contributed by atoms with van der Waals surface area (Å²) in [5.41, 5.74) is 0.932. The number of carbonyl (C=O) groups excluding carboxylic acids is 1. The lowest BCUT2D eigenvalue weighted by molar-refractivity contribution is 0.0934. The smallest absolute Gasteiger partial charge is 0.340 e. The third-order valence-electron chi connectivity index (χ3n) is 3.65. The van der Waals surface area contributed by atoms with Crippen molar-refractivity contribution >= 4 is 5.91 Å². The Kier molecular flexibility index (Phi) is 4.89. The van der Waals surface area contributed by atoms with Crippen molar-refractivity contribution in [2.24, 2.45) is 0 Å². The molecule has 25 heavy (non-hydrogen) atoms. The molecular weight excluding hydrogens is 322 g/mol. The molecule has 3 rings (SSSR count). The number of nitrogens with one attached hydrogen (secondary N) is 3. The predicted molar refractivity (Wildman–Crippen MR) is 90.4 cm³/mol. The molecule has 0 aliphatic carbocycles. The molecule has 3 N–H and O–H groups in total. The summed E-state index contributed by atoms with van der Waals surface area (Å²) < 4.78 is 5.09. The molecule has 128 valence electrons. The van der Waals surface area contributed by atoms with E-state index in [2.05, 4.69) is 25.5 Å². The maximum Gasteiger partial charge on any atom is 0.340 e. The number of benzene rings is 1. The minimum atomic E-state index is -0.500. The number of pyridine rings is 1. The number of aromatic amines is 2. The molecule has 1 unspecified atom stereocenters. The zero-order chi connectivity index (χ0) is 17.6. The standard InChI is InChI=1S/C17H17N5O3/c1-25-13-8-12(9-18-10-13)16(23)19-14(15-20-17(24)22-21-15)7-11-5-3-2-4-6-11/h2-6,8-10,14H,7H2,1H3,(H,19,23)(H2,20,21,22,24). The normalized spacial score (nSPS) is 11.7. The van der Waals surface area contributed by atoms with Crippen molar-refractivity contribution in [1.29, 1.82) is 0 Å². The van der Waals surface area contributed by atoms with Gasteiger partial charge in [0.25, 0.3) is 5.91 Å². The number of rotatable bonds is 6. The van der Waals surface area contributed by atoms with E-state index in [-0.39, 0.29) is 5.91 Å². The number of H-pyrrole nitrogens is 2. The van der Waals surface area contributed by atoms with Crippen LogP contribution in [0.3, 0.4) is 0 Å². The first kappa shape index (κ1) is 16.4. The van der Waals surface area contributed by atoms with Gasteiger partial charge < -0.3 is 10.1 Å². The van der Waals surface area contributed by atoms with Crippen LogP contribution in [-0.2, 0) is 6.42 Å². The lowest BCUT2D eigenvalue weighted by Gasteiger charge is -2.16. The summed E-state index contributed by atoms with van der Waals surface area (Å²) in [5.74, 6) is 0.509. The molecule has 0 bridgehead atoms. The minimum Gasteiger partial charge on any atom is -0.495 e. The van der Waals surface area contributed by atoms with E-state index in [9.17, 15) is 9.59 Å². The molecule has 0 saturated heterocycles. The van der Waals surface area contributed by atoms with E-state index in [0.717, 1.165) is 5.56 Å². The summed E-state index contributed by atoms with van der Waals surface area (Å²) in [5, 5.41) is 9.14. The second-order valence-electron chi connectivity index (χ2n) is 5.39. The molecule has 1 amide bonds. The number of nitrogens with zero attached hydrogens (tertiary/aromatic N) is 2. The maximum absolute atomic E-state index is 12.6. The molecule has 8 heteroatoms. The molecule has 0 radical (unpaired) electrons. The van der Waals surface area contributed by atoms with E-state index in [1.54, 1.807) is 6.07 Å². The molecule has 8 nitrogen and oxygen atoms in total. The van der Waals surface area contributed by atoms with Gasteiger partial charge in [-0.2, -0.15) is 5.10 Å². The first-order valence-corrected chi connectivity index (χ1v) is 7.64. The van der Waals surface area contributed by atoms with Crippen molar-refractivity contribution in [1.82, 2.24) is 25.5 Å². The second-order valence-corrected chi connectivity index (χ2v) is 5.39. The Labute approximate surface area is 143 Å². The van der Waals surface area contributed by atoms with Gasteiger partial charge in [0.2, 0.25) is 0 Å². The van der Waals surface area contributed by atoms with Gasteiger partial charge in [-0.25, -0.2) is 9.89 Å². The second kappa shape index (κ2) is 7.43. The first-order valence-electron chi connectivity index (χ1n) is 7.64. The molecule has 0 aliphatic heterocycles. The zero-order valence-electron chi connectivity index (χ0n) is 13.5. The Bertz CT molecular complexity index is 904. The highest BCUT2D eigenvalue weighted by atomic mass is 16.5. The fourth-order valence-electron chi connectivity index (χ4n) is 2.41. The van der Waals surface area contributed by atoms with Crippen molar-refractivity contribution in [2.45, 2.75) is 12.5 Å². The van der Waals surface area contributed by atoms with Gasteiger partial charge in [-0.1, -0.05) is 30.3 Å². The quantitative estimate of drug-likeness (QED) is 0.625. The number of ether oxygens (including phenoxy) is 1. The zero-order valence-corrected chi connectivity index (χ0v) is 13.5. The summed E-state index contributed by atoms with van der Waals surface area (Å²) in [4.78, 5) is 30.5. The largest absolute Gasteiger partial charge is 0.495 e. The molecular formula is C17H17N5O3. The number of hydrogen-bond acceptors (Lipinski definition) is 5. The third kappa shape index (κ3) is 4.11. The van der Waals surface area contributed by atoms with Gasteiger partial charge in [0.15, 0.2) is 5.82 Å². The van der Waals surface area contributed by atoms with Gasteiger partial charge in [0, 0.05) is 6.20 Å². The Hall–Kier alpha value is -3.42. The van der Waals surface area contributed by atoms with Crippen LogP contribution in [0.2, 0.25) is 0 Å². The summed E-state index contributed by atoms with van der Waals surface area (Å²) in [6.07, 6.45) is 3.44. The van der Waals surface area contributed by atoms with Crippen LogP contribution in [-0.4, -0.2) is 33.2 Å². The molecule has 0 spiro atoms. The van der Waals surface area contributed by atoms with E-state index in [1.165, 1.54) is 19.5 Å².